The summed E-state index contributed by atoms with van der Waals surface area (Å²) in [5, 5.41) is 2.75. The SMILES string of the molecule is C[C@H](C(=O)NCc1ccccn1)N1C(=O)COc2ccc(C(=O)COc3ccc(F)cc3F)cc21. The third-order valence-corrected chi connectivity index (χ3v) is 5.35. The minimum Gasteiger partial charge on any atom is -0.482 e. The lowest BCUT2D eigenvalue weighted by atomic mass is 10.1. The first-order valence-electron chi connectivity index (χ1n) is 10.7. The molecule has 180 valence electrons. The third kappa shape index (κ3) is 5.43. The van der Waals surface area contributed by atoms with Gasteiger partial charge in [-0.25, -0.2) is 8.78 Å². The summed E-state index contributed by atoms with van der Waals surface area (Å²) < 4.78 is 37.5. The number of rotatable bonds is 8. The van der Waals surface area contributed by atoms with Crippen molar-refractivity contribution in [3.63, 3.8) is 0 Å². The average molecular weight is 481 g/mol. The number of hydrogen-bond acceptors (Lipinski definition) is 6. The van der Waals surface area contributed by atoms with E-state index in [-0.39, 0.29) is 30.2 Å². The van der Waals surface area contributed by atoms with Crippen molar-refractivity contribution >= 4 is 23.3 Å². The van der Waals surface area contributed by atoms with Crippen LogP contribution >= 0.6 is 0 Å². The summed E-state index contributed by atoms with van der Waals surface area (Å²) in [4.78, 5) is 43.5. The van der Waals surface area contributed by atoms with Crippen LogP contribution in [0, 0.1) is 11.6 Å². The van der Waals surface area contributed by atoms with Crippen LogP contribution in [0.1, 0.15) is 23.0 Å². The van der Waals surface area contributed by atoms with E-state index in [9.17, 15) is 23.2 Å². The van der Waals surface area contributed by atoms with E-state index in [1.54, 1.807) is 31.3 Å². The van der Waals surface area contributed by atoms with Crippen molar-refractivity contribution in [1.82, 2.24) is 10.3 Å². The second kappa shape index (κ2) is 10.3. The summed E-state index contributed by atoms with van der Waals surface area (Å²) in [5.41, 5.74) is 1.07. The molecule has 4 rings (SSSR count). The maximum Gasteiger partial charge on any atom is 0.265 e. The summed E-state index contributed by atoms with van der Waals surface area (Å²) in [6.45, 7) is 0.974. The summed E-state index contributed by atoms with van der Waals surface area (Å²) in [5.74, 6) is -3.01. The molecular weight excluding hydrogens is 460 g/mol. The van der Waals surface area contributed by atoms with Crippen LogP contribution in [0.25, 0.3) is 0 Å². The highest BCUT2D eigenvalue weighted by molar-refractivity contribution is 6.05. The Morgan fingerprint density at radius 1 is 1.17 bits per heavy atom. The molecule has 10 heteroatoms. The van der Waals surface area contributed by atoms with E-state index in [0.29, 0.717) is 17.5 Å². The number of anilines is 1. The van der Waals surface area contributed by atoms with Crippen LogP contribution in [0.15, 0.2) is 60.8 Å². The number of nitrogens with zero attached hydrogens (tertiary/aromatic N) is 2. The van der Waals surface area contributed by atoms with Crippen molar-refractivity contribution < 1.29 is 32.6 Å². The first-order chi connectivity index (χ1) is 16.8. The van der Waals surface area contributed by atoms with E-state index in [1.807, 2.05) is 0 Å². The number of hydrogen-bond donors (Lipinski definition) is 1. The molecule has 1 atom stereocenters. The van der Waals surface area contributed by atoms with Gasteiger partial charge in [-0.3, -0.25) is 24.3 Å². The average Bonchev–Trinajstić information content (AvgIpc) is 2.86. The zero-order chi connectivity index (χ0) is 24.9. The normalized spacial score (nSPS) is 13.5. The smallest absolute Gasteiger partial charge is 0.265 e. The number of benzene rings is 2. The van der Waals surface area contributed by atoms with E-state index < -0.39 is 41.9 Å². The van der Waals surface area contributed by atoms with Gasteiger partial charge in [-0.2, -0.15) is 0 Å². The molecule has 1 aliphatic heterocycles. The summed E-state index contributed by atoms with van der Waals surface area (Å²) in [7, 11) is 0. The van der Waals surface area contributed by atoms with Gasteiger partial charge >= 0.3 is 0 Å². The molecule has 0 radical (unpaired) electrons. The molecule has 1 N–H and O–H groups in total. The van der Waals surface area contributed by atoms with Crippen LogP contribution in [0.4, 0.5) is 14.5 Å². The van der Waals surface area contributed by atoms with E-state index in [2.05, 4.69) is 10.3 Å². The van der Waals surface area contributed by atoms with Gasteiger partial charge in [-0.1, -0.05) is 6.07 Å². The Morgan fingerprint density at radius 2 is 2.00 bits per heavy atom. The molecule has 2 heterocycles. The number of halogens is 2. The Labute approximate surface area is 199 Å². The Bertz CT molecular complexity index is 1270. The van der Waals surface area contributed by atoms with Crippen molar-refractivity contribution in [3.8, 4) is 11.5 Å². The van der Waals surface area contributed by atoms with E-state index in [0.717, 1.165) is 12.1 Å². The topological polar surface area (TPSA) is 97.8 Å². The predicted octanol–water partition coefficient (Wildman–Crippen LogP) is 3.05. The second-order valence-electron chi connectivity index (χ2n) is 7.74. The van der Waals surface area contributed by atoms with Crippen molar-refractivity contribution in [2.45, 2.75) is 19.5 Å². The van der Waals surface area contributed by atoms with Crippen LogP contribution < -0.4 is 19.7 Å². The van der Waals surface area contributed by atoms with Gasteiger partial charge in [-0.15, -0.1) is 0 Å². The summed E-state index contributed by atoms with van der Waals surface area (Å²) >= 11 is 0. The largest absolute Gasteiger partial charge is 0.482 e. The van der Waals surface area contributed by atoms with Gasteiger partial charge in [0.1, 0.15) is 17.6 Å². The van der Waals surface area contributed by atoms with Crippen molar-refractivity contribution in [2.24, 2.45) is 0 Å². The molecule has 0 aliphatic carbocycles. The quantitative estimate of drug-likeness (QED) is 0.497. The van der Waals surface area contributed by atoms with Crippen LogP contribution in [0.2, 0.25) is 0 Å². The lowest BCUT2D eigenvalue weighted by Gasteiger charge is -2.33. The number of Topliss-reactive ketones (excluding diaryl/α,β-unsaturated/α-hetero) is 1. The Balaban J connectivity index is 1.49. The molecule has 2 amide bonds. The zero-order valence-electron chi connectivity index (χ0n) is 18.7. The maximum absolute atomic E-state index is 13.8. The number of carbonyl (C=O) groups is 3. The Kier molecular flexibility index (Phi) is 7.00. The fourth-order valence-electron chi connectivity index (χ4n) is 3.53. The monoisotopic (exact) mass is 481 g/mol. The van der Waals surface area contributed by atoms with Gasteiger partial charge in [0.05, 0.1) is 17.9 Å². The highest BCUT2D eigenvalue weighted by atomic mass is 19.1. The number of fused-ring (bicyclic) bond motifs is 1. The van der Waals surface area contributed by atoms with Crippen molar-refractivity contribution in [1.29, 1.82) is 0 Å². The minimum atomic E-state index is -0.932. The van der Waals surface area contributed by atoms with E-state index >= 15 is 0 Å². The van der Waals surface area contributed by atoms with E-state index in [4.69, 9.17) is 9.47 Å². The number of carbonyl (C=O) groups excluding carboxylic acids is 3. The number of ketones is 1. The molecule has 35 heavy (non-hydrogen) atoms. The fourth-order valence-corrected chi connectivity index (χ4v) is 3.53. The Morgan fingerprint density at radius 3 is 2.74 bits per heavy atom. The molecule has 0 saturated carbocycles. The molecular formula is C25H21F2N3O5. The standard InChI is InChI=1S/C25H21F2N3O5/c1-15(25(33)29-12-18-4-2-3-9-28-18)30-20-10-16(5-7-23(20)35-14-24(30)32)21(31)13-34-22-8-6-17(26)11-19(22)27/h2-11,15H,12-14H2,1H3,(H,29,33)/t15-/m1/s1. The van der Waals surface area contributed by atoms with E-state index in [1.165, 1.54) is 23.1 Å². The van der Waals surface area contributed by atoms with Gasteiger partial charge in [0.25, 0.3) is 5.91 Å². The summed E-state index contributed by atoms with van der Waals surface area (Å²) in [6, 6.07) is 11.6. The fraction of sp³-hybridized carbons (Fsp3) is 0.200. The lowest BCUT2D eigenvalue weighted by Crippen LogP contribution is -2.51. The number of ether oxygens (including phenoxy) is 2. The molecule has 0 fully saturated rings. The van der Waals surface area contributed by atoms with Gasteiger partial charge in [-0.05, 0) is 49.4 Å². The molecule has 0 bridgehead atoms. The van der Waals surface area contributed by atoms with Crippen LogP contribution in [-0.2, 0) is 16.1 Å². The van der Waals surface area contributed by atoms with Gasteiger partial charge in [0.15, 0.2) is 30.6 Å². The molecule has 2 aromatic carbocycles. The number of amides is 2. The first-order valence-corrected chi connectivity index (χ1v) is 10.7. The van der Waals surface area contributed by atoms with Crippen molar-refractivity contribution in [2.75, 3.05) is 18.1 Å². The second-order valence-corrected chi connectivity index (χ2v) is 7.74. The number of pyridine rings is 1. The van der Waals surface area contributed by atoms with Gasteiger partial charge in [0.2, 0.25) is 5.91 Å². The van der Waals surface area contributed by atoms with Crippen LogP contribution in [0.5, 0.6) is 11.5 Å². The molecule has 1 aliphatic rings. The first kappa shape index (κ1) is 23.8. The predicted molar refractivity (Wildman–Crippen MR) is 121 cm³/mol. The number of nitrogens with one attached hydrogen (secondary N) is 1. The van der Waals surface area contributed by atoms with Crippen molar-refractivity contribution in [3.05, 3.63) is 83.7 Å². The molecule has 3 aromatic rings. The third-order valence-electron chi connectivity index (χ3n) is 5.35. The zero-order valence-corrected chi connectivity index (χ0v) is 18.7. The van der Waals surface area contributed by atoms with Gasteiger partial charge in [0, 0.05) is 17.8 Å². The lowest BCUT2D eigenvalue weighted by molar-refractivity contribution is -0.127. The molecule has 0 unspecified atom stereocenters. The van der Waals surface area contributed by atoms with Crippen LogP contribution in [0.3, 0.4) is 0 Å². The highest BCUT2D eigenvalue weighted by Crippen LogP contribution is 2.34. The number of aromatic nitrogens is 1. The molecule has 0 spiro atoms. The Hall–Kier alpha value is -4.34. The molecule has 8 nitrogen and oxygen atoms in total. The molecule has 1 aromatic heterocycles. The van der Waals surface area contributed by atoms with Gasteiger partial charge < -0.3 is 14.8 Å². The highest BCUT2D eigenvalue weighted by Gasteiger charge is 2.33. The maximum atomic E-state index is 13.8. The molecule has 0 saturated heterocycles. The van der Waals surface area contributed by atoms with Crippen LogP contribution in [-0.4, -0.2) is 41.8 Å². The summed E-state index contributed by atoms with van der Waals surface area (Å²) in [6.07, 6.45) is 1.61. The minimum absolute atomic E-state index is 0.163.